The van der Waals surface area contributed by atoms with Crippen molar-refractivity contribution in [2.45, 2.75) is 6.42 Å². The van der Waals surface area contributed by atoms with Gasteiger partial charge in [-0.1, -0.05) is 34.1 Å². The van der Waals surface area contributed by atoms with E-state index >= 15 is 0 Å². The third-order valence-electron chi connectivity index (χ3n) is 2.73. The van der Waals surface area contributed by atoms with Crippen LogP contribution in [0.15, 0.2) is 53.0 Å². The highest BCUT2D eigenvalue weighted by molar-refractivity contribution is 9.10. The summed E-state index contributed by atoms with van der Waals surface area (Å²) < 4.78 is 12.0. The van der Waals surface area contributed by atoms with Crippen molar-refractivity contribution in [2.24, 2.45) is 0 Å². The Bertz CT molecular complexity index is 613. The van der Waals surface area contributed by atoms with E-state index in [1.807, 2.05) is 24.3 Å². The van der Waals surface area contributed by atoms with Gasteiger partial charge in [-0.25, -0.2) is 4.79 Å². The largest absolute Gasteiger partial charge is 0.493 e. The molecule has 0 amide bonds. The molecule has 5 heteroatoms. The number of carboxylic acids is 1. The zero-order chi connectivity index (χ0) is 15.1. The highest BCUT2D eigenvalue weighted by Gasteiger charge is 2.09. The van der Waals surface area contributed by atoms with Crippen molar-refractivity contribution in [1.82, 2.24) is 0 Å². The molecular formula is C16H15BrO4. The molecular weight excluding hydrogens is 336 g/mol. The van der Waals surface area contributed by atoms with Crippen LogP contribution in [0.2, 0.25) is 0 Å². The molecule has 0 aliphatic heterocycles. The van der Waals surface area contributed by atoms with Crippen LogP contribution >= 0.6 is 15.9 Å². The quantitative estimate of drug-likeness (QED) is 0.767. The lowest BCUT2D eigenvalue weighted by atomic mass is 10.2. The van der Waals surface area contributed by atoms with Crippen molar-refractivity contribution in [2.75, 3.05) is 13.2 Å². The zero-order valence-electron chi connectivity index (χ0n) is 11.3. The number of halogens is 1. The maximum absolute atomic E-state index is 11.0. The highest BCUT2D eigenvalue weighted by Crippen LogP contribution is 2.19. The lowest BCUT2D eigenvalue weighted by molar-refractivity contribution is 0.0692. The first-order valence-corrected chi connectivity index (χ1v) is 7.29. The second kappa shape index (κ2) is 7.69. The first-order chi connectivity index (χ1) is 10.2. The predicted molar refractivity (Wildman–Crippen MR) is 83.2 cm³/mol. The first kappa shape index (κ1) is 15.4. The van der Waals surface area contributed by atoms with E-state index in [-0.39, 0.29) is 5.56 Å². The van der Waals surface area contributed by atoms with Gasteiger partial charge in [-0.15, -0.1) is 0 Å². The molecule has 0 fully saturated rings. The molecule has 0 saturated carbocycles. The van der Waals surface area contributed by atoms with Gasteiger partial charge in [-0.3, -0.25) is 0 Å². The molecule has 110 valence electrons. The minimum absolute atomic E-state index is 0.172. The number of carbonyl (C=O) groups is 1. The number of carboxylic acid groups (broad SMARTS) is 1. The molecule has 0 aliphatic carbocycles. The van der Waals surface area contributed by atoms with Gasteiger partial charge >= 0.3 is 5.97 Å². The van der Waals surface area contributed by atoms with Crippen molar-refractivity contribution >= 4 is 21.9 Å². The number of rotatable bonds is 7. The molecule has 2 aromatic rings. The molecule has 0 atom stereocenters. The van der Waals surface area contributed by atoms with Crippen LogP contribution in [0.25, 0.3) is 0 Å². The number of hydrogen-bond acceptors (Lipinski definition) is 3. The normalized spacial score (nSPS) is 10.1. The van der Waals surface area contributed by atoms with Gasteiger partial charge < -0.3 is 14.6 Å². The number of benzene rings is 2. The predicted octanol–water partition coefficient (Wildman–Crippen LogP) is 4.00. The smallest absolute Gasteiger partial charge is 0.339 e. The Morgan fingerprint density at radius 2 is 1.81 bits per heavy atom. The van der Waals surface area contributed by atoms with Crippen molar-refractivity contribution in [1.29, 1.82) is 0 Å². The molecule has 0 heterocycles. The average molecular weight is 351 g/mol. The van der Waals surface area contributed by atoms with Crippen LogP contribution in [0.1, 0.15) is 16.8 Å². The fraction of sp³-hybridized carbons (Fsp3) is 0.188. The topological polar surface area (TPSA) is 55.8 Å². The maximum Gasteiger partial charge on any atom is 0.339 e. The van der Waals surface area contributed by atoms with E-state index in [4.69, 9.17) is 14.6 Å². The Balaban J connectivity index is 1.76. The van der Waals surface area contributed by atoms with Gasteiger partial charge in [-0.05, 0) is 30.3 Å². The van der Waals surface area contributed by atoms with Gasteiger partial charge in [0.2, 0.25) is 0 Å². The molecule has 0 aromatic heterocycles. The minimum atomic E-state index is -0.990. The second-order valence-electron chi connectivity index (χ2n) is 4.31. The molecule has 0 bridgehead atoms. The third kappa shape index (κ3) is 4.79. The van der Waals surface area contributed by atoms with Gasteiger partial charge in [0, 0.05) is 10.9 Å². The van der Waals surface area contributed by atoms with E-state index in [1.54, 1.807) is 18.2 Å². The lowest BCUT2D eigenvalue weighted by Gasteiger charge is -2.10. The van der Waals surface area contributed by atoms with Gasteiger partial charge in [0.05, 0.1) is 13.2 Å². The van der Waals surface area contributed by atoms with Crippen LogP contribution in [0, 0.1) is 0 Å². The second-order valence-corrected chi connectivity index (χ2v) is 5.22. The summed E-state index contributed by atoms with van der Waals surface area (Å²) in [7, 11) is 0. The van der Waals surface area contributed by atoms with Crippen LogP contribution in [0.5, 0.6) is 11.5 Å². The van der Waals surface area contributed by atoms with E-state index < -0.39 is 5.97 Å². The van der Waals surface area contributed by atoms with E-state index in [9.17, 15) is 4.79 Å². The summed E-state index contributed by atoms with van der Waals surface area (Å²) in [6.45, 7) is 0.907. The molecule has 0 spiro atoms. The summed E-state index contributed by atoms with van der Waals surface area (Å²) in [5.41, 5.74) is 0.172. The van der Waals surface area contributed by atoms with Crippen LogP contribution in [0.3, 0.4) is 0 Å². The van der Waals surface area contributed by atoms with E-state index in [0.717, 1.165) is 10.2 Å². The van der Waals surface area contributed by atoms with Crippen LogP contribution in [0.4, 0.5) is 0 Å². The standard InChI is InChI=1S/C16H15BrO4/c17-12-5-3-6-13(11-12)20-9-4-10-21-15-8-2-1-7-14(15)16(18)19/h1-3,5-8,11H,4,9-10H2,(H,18,19). The van der Waals surface area contributed by atoms with Gasteiger partial charge in [-0.2, -0.15) is 0 Å². The number of para-hydroxylation sites is 1. The van der Waals surface area contributed by atoms with E-state index in [1.165, 1.54) is 6.07 Å². The van der Waals surface area contributed by atoms with Gasteiger partial charge in [0.25, 0.3) is 0 Å². The van der Waals surface area contributed by atoms with Crippen molar-refractivity contribution in [3.8, 4) is 11.5 Å². The van der Waals surface area contributed by atoms with Crippen molar-refractivity contribution in [3.05, 3.63) is 58.6 Å². The molecule has 4 nitrogen and oxygen atoms in total. The van der Waals surface area contributed by atoms with Crippen molar-refractivity contribution in [3.63, 3.8) is 0 Å². The molecule has 2 rings (SSSR count). The fourth-order valence-corrected chi connectivity index (χ4v) is 2.14. The van der Waals surface area contributed by atoms with Crippen molar-refractivity contribution < 1.29 is 19.4 Å². The SMILES string of the molecule is O=C(O)c1ccccc1OCCCOc1cccc(Br)c1. The van der Waals surface area contributed by atoms with Gasteiger partial charge in [0.15, 0.2) is 0 Å². The van der Waals surface area contributed by atoms with Crippen LogP contribution < -0.4 is 9.47 Å². The molecule has 21 heavy (non-hydrogen) atoms. The third-order valence-corrected chi connectivity index (χ3v) is 3.22. The fourth-order valence-electron chi connectivity index (χ4n) is 1.76. The number of ether oxygens (including phenoxy) is 2. The van der Waals surface area contributed by atoms with E-state index in [2.05, 4.69) is 15.9 Å². The van der Waals surface area contributed by atoms with Crippen LogP contribution in [-0.2, 0) is 0 Å². The minimum Gasteiger partial charge on any atom is -0.493 e. The molecule has 0 radical (unpaired) electrons. The monoisotopic (exact) mass is 350 g/mol. The zero-order valence-corrected chi connectivity index (χ0v) is 12.9. The number of hydrogen-bond donors (Lipinski definition) is 1. The molecule has 0 saturated heterocycles. The summed E-state index contributed by atoms with van der Waals surface area (Å²) in [5, 5.41) is 9.03. The molecule has 0 aliphatic rings. The Kier molecular flexibility index (Phi) is 5.63. The Morgan fingerprint density at radius 3 is 2.57 bits per heavy atom. The maximum atomic E-state index is 11.0. The Hall–Kier alpha value is -2.01. The van der Waals surface area contributed by atoms with Gasteiger partial charge in [0.1, 0.15) is 17.1 Å². The summed E-state index contributed by atoms with van der Waals surface area (Å²) in [6, 6.07) is 14.2. The van der Waals surface area contributed by atoms with E-state index in [0.29, 0.717) is 25.4 Å². The molecule has 2 aromatic carbocycles. The molecule has 0 unspecified atom stereocenters. The van der Waals surface area contributed by atoms with Crippen LogP contribution in [-0.4, -0.2) is 24.3 Å². The lowest BCUT2D eigenvalue weighted by Crippen LogP contribution is -2.07. The molecule has 1 N–H and O–H groups in total. The number of aromatic carboxylic acids is 1. The average Bonchev–Trinajstić information content (AvgIpc) is 2.47. The summed E-state index contributed by atoms with van der Waals surface area (Å²) in [5.74, 6) is 0.179. The summed E-state index contributed by atoms with van der Waals surface area (Å²) >= 11 is 3.38. The Labute approximate surface area is 131 Å². The Morgan fingerprint density at radius 1 is 1.05 bits per heavy atom. The highest BCUT2D eigenvalue weighted by atomic mass is 79.9. The summed E-state index contributed by atoms with van der Waals surface area (Å²) in [4.78, 5) is 11.0. The first-order valence-electron chi connectivity index (χ1n) is 6.50. The summed E-state index contributed by atoms with van der Waals surface area (Å²) in [6.07, 6.45) is 0.667.